The van der Waals surface area contributed by atoms with Crippen LogP contribution in [-0.4, -0.2) is 18.6 Å². The second kappa shape index (κ2) is 7.33. The Morgan fingerprint density at radius 1 is 1.10 bits per heavy atom. The summed E-state index contributed by atoms with van der Waals surface area (Å²) in [7, 11) is 0. The van der Waals surface area contributed by atoms with Crippen LogP contribution in [0.2, 0.25) is 0 Å². The third-order valence-corrected chi connectivity index (χ3v) is 2.87. The molecule has 0 heterocycles. The SMILES string of the molecule is CCOC(=O)C(C)Nc1ccccc1Oc1ccccc1. The van der Waals surface area contributed by atoms with Gasteiger partial charge in [-0.05, 0) is 38.1 Å². The smallest absolute Gasteiger partial charge is 0.328 e. The molecule has 0 bridgehead atoms. The molecule has 1 unspecified atom stereocenters. The van der Waals surface area contributed by atoms with E-state index < -0.39 is 6.04 Å². The Balaban J connectivity index is 2.12. The van der Waals surface area contributed by atoms with E-state index in [1.165, 1.54) is 0 Å². The van der Waals surface area contributed by atoms with Gasteiger partial charge in [-0.3, -0.25) is 0 Å². The number of hydrogen-bond donors (Lipinski definition) is 1. The van der Waals surface area contributed by atoms with Gasteiger partial charge in [0.25, 0.3) is 0 Å². The molecule has 2 rings (SSSR count). The molecule has 2 aromatic rings. The highest BCUT2D eigenvalue weighted by molar-refractivity contribution is 5.79. The van der Waals surface area contributed by atoms with E-state index in [0.29, 0.717) is 12.4 Å². The molecule has 21 heavy (non-hydrogen) atoms. The van der Waals surface area contributed by atoms with Crippen molar-refractivity contribution >= 4 is 11.7 Å². The third kappa shape index (κ3) is 4.24. The van der Waals surface area contributed by atoms with Gasteiger partial charge >= 0.3 is 5.97 Å². The van der Waals surface area contributed by atoms with Crippen LogP contribution in [-0.2, 0) is 9.53 Å². The largest absolute Gasteiger partial charge is 0.464 e. The maximum Gasteiger partial charge on any atom is 0.328 e. The van der Waals surface area contributed by atoms with Crippen molar-refractivity contribution in [1.29, 1.82) is 0 Å². The van der Waals surface area contributed by atoms with Crippen LogP contribution in [0.3, 0.4) is 0 Å². The quantitative estimate of drug-likeness (QED) is 0.819. The first-order valence-corrected chi connectivity index (χ1v) is 6.96. The summed E-state index contributed by atoms with van der Waals surface area (Å²) in [6.07, 6.45) is 0. The fourth-order valence-corrected chi connectivity index (χ4v) is 1.85. The van der Waals surface area contributed by atoms with Crippen LogP contribution >= 0.6 is 0 Å². The summed E-state index contributed by atoms with van der Waals surface area (Å²) in [6, 6.07) is 16.6. The molecule has 2 aromatic carbocycles. The molecule has 0 aliphatic rings. The van der Waals surface area contributed by atoms with Gasteiger partial charge in [0, 0.05) is 0 Å². The maximum atomic E-state index is 11.7. The van der Waals surface area contributed by atoms with Crippen LogP contribution in [0.25, 0.3) is 0 Å². The molecule has 4 heteroatoms. The summed E-state index contributed by atoms with van der Waals surface area (Å²) >= 11 is 0. The summed E-state index contributed by atoms with van der Waals surface area (Å²) < 4.78 is 10.8. The molecule has 0 saturated carbocycles. The highest BCUT2D eigenvalue weighted by atomic mass is 16.5. The highest BCUT2D eigenvalue weighted by Crippen LogP contribution is 2.29. The maximum absolute atomic E-state index is 11.7. The topological polar surface area (TPSA) is 47.6 Å². The van der Waals surface area contributed by atoms with E-state index in [2.05, 4.69) is 5.32 Å². The minimum Gasteiger partial charge on any atom is -0.464 e. The van der Waals surface area contributed by atoms with Crippen molar-refractivity contribution in [2.45, 2.75) is 19.9 Å². The Bertz CT molecular complexity index is 584. The Kier molecular flexibility index (Phi) is 5.21. The molecule has 0 spiro atoms. The van der Waals surface area contributed by atoms with Crippen LogP contribution in [0, 0.1) is 0 Å². The lowest BCUT2D eigenvalue weighted by Crippen LogP contribution is -2.28. The lowest BCUT2D eigenvalue weighted by atomic mass is 10.2. The Hall–Kier alpha value is -2.49. The number of carbonyl (C=O) groups is 1. The predicted molar refractivity (Wildman–Crippen MR) is 82.7 cm³/mol. The molecule has 0 amide bonds. The third-order valence-electron chi connectivity index (χ3n) is 2.87. The molecule has 0 saturated heterocycles. The molecule has 0 radical (unpaired) electrons. The van der Waals surface area contributed by atoms with Crippen molar-refractivity contribution in [3.63, 3.8) is 0 Å². The molecular formula is C17H19NO3. The number of esters is 1. The average molecular weight is 285 g/mol. The zero-order valence-electron chi connectivity index (χ0n) is 12.2. The number of para-hydroxylation sites is 3. The minimum atomic E-state index is -0.439. The standard InChI is InChI=1S/C17H19NO3/c1-3-20-17(19)13(2)18-15-11-7-8-12-16(15)21-14-9-5-4-6-10-14/h4-13,18H,3H2,1-2H3. The van der Waals surface area contributed by atoms with Gasteiger partial charge in [-0.25, -0.2) is 4.79 Å². The summed E-state index contributed by atoms with van der Waals surface area (Å²) in [5.74, 6) is 1.13. The van der Waals surface area contributed by atoms with E-state index in [-0.39, 0.29) is 5.97 Å². The van der Waals surface area contributed by atoms with E-state index in [4.69, 9.17) is 9.47 Å². The summed E-state index contributed by atoms with van der Waals surface area (Å²) in [6.45, 7) is 3.92. The molecule has 0 aromatic heterocycles. The van der Waals surface area contributed by atoms with Crippen LogP contribution in [0.5, 0.6) is 11.5 Å². The van der Waals surface area contributed by atoms with Crippen molar-refractivity contribution in [3.8, 4) is 11.5 Å². The Morgan fingerprint density at radius 2 is 1.76 bits per heavy atom. The number of anilines is 1. The van der Waals surface area contributed by atoms with E-state index in [1.807, 2.05) is 54.6 Å². The number of hydrogen-bond acceptors (Lipinski definition) is 4. The van der Waals surface area contributed by atoms with E-state index in [0.717, 1.165) is 11.4 Å². The summed E-state index contributed by atoms with van der Waals surface area (Å²) in [4.78, 5) is 11.7. The zero-order chi connectivity index (χ0) is 15.1. The van der Waals surface area contributed by atoms with Gasteiger partial charge in [0.15, 0.2) is 5.75 Å². The van der Waals surface area contributed by atoms with Crippen molar-refractivity contribution in [2.24, 2.45) is 0 Å². The Labute approximate surface area is 124 Å². The van der Waals surface area contributed by atoms with E-state index in [1.54, 1.807) is 13.8 Å². The first-order valence-electron chi connectivity index (χ1n) is 6.96. The predicted octanol–water partition coefficient (Wildman–Crippen LogP) is 3.84. The normalized spacial score (nSPS) is 11.5. The number of rotatable bonds is 6. The van der Waals surface area contributed by atoms with Crippen LogP contribution < -0.4 is 10.1 Å². The zero-order valence-corrected chi connectivity index (χ0v) is 12.2. The molecule has 1 N–H and O–H groups in total. The van der Waals surface area contributed by atoms with Gasteiger partial charge in [-0.2, -0.15) is 0 Å². The number of benzene rings is 2. The minimum absolute atomic E-state index is 0.285. The second-order valence-electron chi connectivity index (χ2n) is 4.53. The number of nitrogens with one attached hydrogen (secondary N) is 1. The molecule has 0 aliphatic carbocycles. The summed E-state index contributed by atoms with van der Waals surface area (Å²) in [5.41, 5.74) is 0.752. The van der Waals surface area contributed by atoms with Crippen LogP contribution in [0.1, 0.15) is 13.8 Å². The summed E-state index contributed by atoms with van der Waals surface area (Å²) in [5, 5.41) is 3.12. The van der Waals surface area contributed by atoms with Gasteiger partial charge in [0.05, 0.1) is 12.3 Å². The number of ether oxygens (including phenoxy) is 2. The monoisotopic (exact) mass is 285 g/mol. The van der Waals surface area contributed by atoms with Crippen LogP contribution in [0.15, 0.2) is 54.6 Å². The van der Waals surface area contributed by atoms with Crippen molar-refractivity contribution in [1.82, 2.24) is 0 Å². The van der Waals surface area contributed by atoms with E-state index in [9.17, 15) is 4.79 Å². The van der Waals surface area contributed by atoms with Gasteiger partial charge in [-0.1, -0.05) is 30.3 Å². The molecule has 0 aliphatic heterocycles. The molecule has 110 valence electrons. The van der Waals surface area contributed by atoms with E-state index >= 15 is 0 Å². The second-order valence-corrected chi connectivity index (χ2v) is 4.53. The molecule has 4 nitrogen and oxygen atoms in total. The molecular weight excluding hydrogens is 266 g/mol. The van der Waals surface area contributed by atoms with Gasteiger partial charge in [0.1, 0.15) is 11.8 Å². The first-order chi connectivity index (χ1) is 10.2. The van der Waals surface area contributed by atoms with Gasteiger partial charge in [0.2, 0.25) is 0 Å². The highest BCUT2D eigenvalue weighted by Gasteiger charge is 2.15. The van der Waals surface area contributed by atoms with Crippen molar-refractivity contribution in [2.75, 3.05) is 11.9 Å². The first kappa shape index (κ1) is 14.9. The van der Waals surface area contributed by atoms with Crippen LogP contribution in [0.4, 0.5) is 5.69 Å². The molecule has 1 atom stereocenters. The Morgan fingerprint density at radius 3 is 2.48 bits per heavy atom. The van der Waals surface area contributed by atoms with Crippen molar-refractivity contribution in [3.05, 3.63) is 54.6 Å². The number of carbonyl (C=O) groups excluding carboxylic acids is 1. The lowest BCUT2D eigenvalue weighted by Gasteiger charge is -2.17. The fraction of sp³-hybridized carbons (Fsp3) is 0.235. The average Bonchev–Trinajstić information content (AvgIpc) is 2.50. The van der Waals surface area contributed by atoms with Crippen molar-refractivity contribution < 1.29 is 14.3 Å². The fourth-order valence-electron chi connectivity index (χ4n) is 1.85. The van der Waals surface area contributed by atoms with Gasteiger partial charge in [-0.15, -0.1) is 0 Å². The molecule has 0 fully saturated rings. The van der Waals surface area contributed by atoms with Gasteiger partial charge < -0.3 is 14.8 Å². The lowest BCUT2D eigenvalue weighted by molar-refractivity contribution is -0.143.